The van der Waals surface area contributed by atoms with Crippen molar-refractivity contribution in [3.8, 4) is 0 Å². The molecule has 1 aliphatic heterocycles. The van der Waals surface area contributed by atoms with E-state index in [0.717, 1.165) is 45.4 Å². The van der Waals surface area contributed by atoms with Crippen molar-refractivity contribution in [3.05, 3.63) is 70.3 Å². The van der Waals surface area contributed by atoms with Gasteiger partial charge in [0.1, 0.15) is 11.9 Å². The first-order chi connectivity index (χ1) is 15.0. The van der Waals surface area contributed by atoms with Crippen LogP contribution in [0.2, 0.25) is 0 Å². The number of pyridine rings is 1. The summed E-state index contributed by atoms with van der Waals surface area (Å²) in [4.78, 5) is 24.6. The van der Waals surface area contributed by atoms with Gasteiger partial charge in [0.05, 0.1) is 5.52 Å². The van der Waals surface area contributed by atoms with Crippen LogP contribution >= 0.6 is 15.9 Å². The van der Waals surface area contributed by atoms with Crippen LogP contribution in [0, 0.1) is 6.92 Å². The van der Waals surface area contributed by atoms with Gasteiger partial charge in [-0.05, 0) is 42.8 Å². The van der Waals surface area contributed by atoms with E-state index in [9.17, 15) is 9.90 Å². The van der Waals surface area contributed by atoms with Crippen LogP contribution in [0.15, 0.2) is 59.2 Å². The molecule has 0 aliphatic carbocycles. The lowest BCUT2D eigenvalue weighted by Gasteiger charge is -2.38. The van der Waals surface area contributed by atoms with E-state index in [-0.39, 0.29) is 0 Å². The van der Waals surface area contributed by atoms with E-state index >= 15 is 0 Å². The maximum Gasteiger partial charge on any atom is 0.325 e. The molecular formula is C24H23BrN4O2. The minimum Gasteiger partial charge on any atom is -0.480 e. The zero-order valence-corrected chi connectivity index (χ0v) is 18.8. The number of carboxylic acids is 1. The molecule has 0 spiro atoms. The molecule has 0 amide bonds. The fourth-order valence-corrected chi connectivity index (χ4v) is 4.89. The Morgan fingerprint density at radius 2 is 1.87 bits per heavy atom. The lowest BCUT2D eigenvalue weighted by molar-refractivity contribution is -0.143. The Hall–Kier alpha value is -2.90. The number of aromatic amines is 1. The summed E-state index contributed by atoms with van der Waals surface area (Å²) in [6.07, 6.45) is 1.83. The van der Waals surface area contributed by atoms with Crippen molar-refractivity contribution < 1.29 is 9.90 Å². The summed E-state index contributed by atoms with van der Waals surface area (Å²) in [5.41, 5.74) is 3.94. The predicted molar refractivity (Wildman–Crippen MR) is 127 cm³/mol. The van der Waals surface area contributed by atoms with Gasteiger partial charge in [-0.25, -0.2) is 4.98 Å². The van der Waals surface area contributed by atoms with E-state index in [1.807, 2.05) is 42.6 Å². The van der Waals surface area contributed by atoms with Crippen LogP contribution in [-0.4, -0.2) is 52.1 Å². The van der Waals surface area contributed by atoms with Gasteiger partial charge < -0.3 is 15.0 Å². The number of rotatable bonds is 4. The molecule has 1 fully saturated rings. The van der Waals surface area contributed by atoms with E-state index in [4.69, 9.17) is 4.98 Å². The van der Waals surface area contributed by atoms with Gasteiger partial charge >= 0.3 is 5.97 Å². The molecule has 2 aromatic heterocycles. The Balaban J connectivity index is 1.39. The van der Waals surface area contributed by atoms with Gasteiger partial charge in [0.2, 0.25) is 0 Å². The number of piperazine rings is 1. The summed E-state index contributed by atoms with van der Waals surface area (Å²) in [6.45, 7) is 4.90. The summed E-state index contributed by atoms with van der Waals surface area (Å²) < 4.78 is 0.938. The highest BCUT2D eigenvalue weighted by Crippen LogP contribution is 2.32. The zero-order valence-electron chi connectivity index (χ0n) is 17.2. The minimum atomic E-state index is -0.825. The molecule has 2 aromatic carbocycles. The van der Waals surface area contributed by atoms with E-state index in [1.165, 1.54) is 10.9 Å². The third kappa shape index (κ3) is 3.68. The van der Waals surface area contributed by atoms with Crippen LogP contribution in [0.5, 0.6) is 0 Å². The second-order valence-electron chi connectivity index (χ2n) is 8.01. The predicted octanol–water partition coefficient (Wildman–Crippen LogP) is 4.73. The van der Waals surface area contributed by atoms with Crippen LogP contribution in [0.25, 0.3) is 21.8 Å². The molecule has 5 rings (SSSR count). The van der Waals surface area contributed by atoms with Gasteiger partial charge in [-0.2, -0.15) is 0 Å². The maximum atomic E-state index is 12.3. The number of nitrogens with one attached hydrogen (secondary N) is 1. The number of hydrogen-bond donors (Lipinski definition) is 2. The number of H-pyrrole nitrogens is 1. The molecule has 158 valence electrons. The zero-order chi connectivity index (χ0) is 21.5. The van der Waals surface area contributed by atoms with Crippen molar-refractivity contribution in [2.24, 2.45) is 0 Å². The highest BCUT2D eigenvalue weighted by Gasteiger charge is 2.32. The fourth-order valence-electron chi connectivity index (χ4n) is 4.53. The molecule has 1 atom stereocenters. The Morgan fingerprint density at radius 3 is 2.65 bits per heavy atom. The number of aliphatic carboxylic acids is 1. The first kappa shape index (κ1) is 20.0. The van der Waals surface area contributed by atoms with Crippen LogP contribution in [0.4, 0.5) is 5.82 Å². The molecule has 3 heterocycles. The number of aryl methyl sites for hydroxylation is 1. The SMILES string of the molecule is Cc1cc(N2CCN([C@@H](C(=O)O)c3c[nH]c4ccc(Br)cc34)CC2)nc2ccccc12. The van der Waals surface area contributed by atoms with E-state index < -0.39 is 12.0 Å². The van der Waals surface area contributed by atoms with Gasteiger partial charge in [0.15, 0.2) is 0 Å². The Kier molecular flexibility index (Phi) is 5.16. The van der Waals surface area contributed by atoms with Crippen LogP contribution < -0.4 is 4.90 Å². The van der Waals surface area contributed by atoms with Crippen molar-refractivity contribution in [1.82, 2.24) is 14.9 Å². The highest BCUT2D eigenvalue weighted by atomic mass is 79.9. The molecule has 0 saturated carbocycles. The van der Waals surface area contributed by atoms with Crippen molar-refractivity contribution >= 4 is 49.5 Å². The Bertz CT molecular complexity index is 1280. The van der Waals surface area contributed by atoms with Crippen molar-refractivity contribution in [3.63, 3.8) is 0 Å². The number of carboxylic acid groups (broad SMARTS) is 1. The van der Waals surface area contributed by atoms with Gasteiger partial charge in [-0.15, -0.1) is 0 Å². The molecule has 1 saturated heterocycles. The molecule has 0 bridgehead atoms. The summed E-state index contributed by atoms with van der Waals surface area (Å²) in [5.74, 6) is 0.132. The van der Waals surface area contributed by atoms with E-state index in [0.29, 0.717) is 13.1 Å². The smallest absolute Gasteiger partial charge is 0.325 e. The van der Waals surface area contributed by atoms with Crippen molar-refractivity contribution in [2.45, 2.75) is 13.0 Å². The highest BCUT2D eigenvalue weighted by molar-refractivity contribution is 9.10. The van der Waals surface area contributed by atoms with Crippen LogP contribution in [0.1, 0.15) is 17.2 Å². The summed E-state index contributed by atoms with van der Waals surface area (Å²) >= 11 is 3.50. The van der Waals surface area contributed by atoms with Crippen molar-refractivity contribution in [1.29, 1.82) is 0 Å². The normalized spacial score (nSPS) is 16.1. The number of carbonyl (C=O) groups is 1. The first-order valence-corrected chi connectivity index (χ1v) is 11.2. The maximum absolute atomic E-state index is 12.3. The topological polar surface area (TPSA) is 72.5 Å². The van der Waals surface area contributed by atoms with Crippen molar-refractivity contribution in [2.75, 3.05) is 31.1 Å². The fraction of sp³-hybridized carbons (Fsp3) is 0.250. The van der Waals surface area contributed by atoms with Crippen LogP contribution in [-0.2, 0) is 4.79 Å². The molecule has 6 nitrogen and oxygen atoms in total. The number of fused-ring (bicyclic) bond motifs is 2. The molecule has 4 aromatic rings. The minimum absolute atomic E-state index is 0.658. The quantitative estimate of drug-likeness (QED) is 0.443. The largest absolute Gasteiger partial charge is 0.480 e. The van der Waals surface area contributed by atoms with Crippen LogP contribution in [0.3, 0.4) is 0 Å². The van der Waals surface area contributed by atoms with E-state index in [1.54, 1.807) is 0 Å². The number of halogens is 1. The van der Waals surface area contributed by atoms with Gasteiger partial charge in [-0.1, -0.05) is 34.1 Å². The molecule has 7 heteroatoms. The summed E-state index contributed by atoms with van der Waals surface area (Å²) in [7, 11) is 0. The number of hydrogen-bond acceptors (Lipinski definition) is 4. The molecule has 1 aliphatic rings. The molecule has 0 radical (unpaired) electrons. The first-order valence-electron chi connectivity index (χ1n) is 10.4. The Morgan fingerprint density at radius 1 is 1.10 bits per heavy atom. The summed E-state index contributed by atoms with van der Waals surface area (Å²) in [5, 5.41) is 12.2. The average molecular weight is 479 g/mol. The molecule has 0 unspecified atom stereocenters. The molecule has 31 heavy (non-hydrogen) atoms. The lowest BCUT2D eigenvalue weighted by atomic mass is 10.0. The number of para-hydroxylation sites is 1. The Labute approximate surface area is 188 Å². The number of anilines is 1. The average Bonchev–Trinajstić information content (AvgIpc) is 3.17. The summed E-state index contributed by atoms with van der Waals surface area (Å²) in [6, 6.07) is 15.5. The van der Waals surface area contributed by atoms with E-state index in [2.05, 4.69) is 49.8 Å². The van der Waals surface area contributed by atoms with Gasteiger partial charge in [0, 0.05) is 58.7 Å². The standard InChI is InChI=1S/C24H23BrN4O2/c1-15-12-22(27-21-5-3-2-4-17(15)21)28-8-10-29(11-9-28)23(24(30)31)19-14-26-20-7-6-16(25)13-18(19)20/h2-7,12-14,23,26H,8-11H2,1H3,(H,30,31)/t23-/m1/s1. The molecular weight excluding hydrogens is 456 g/mol. The van der Waals surface area contributed by atoms with Gasteiger partial charge in [0.25, 0.3) is 0 Å². The number of aromatic nitrogens is 2. The number of benzene rings is 2. The lowest BCUT2D eigenvalue weighted by Crippen LogP contribution is -2.49. The second-order valence-corrected chi connectivity index (χ2v) is 8.93. The number of nitrogens with zero attached hydrogens (tertiary/aromatic N) is 3. The monoisotopic (exact) mass is 478 g/mol. The second kappa shape index (κ2) is 7.98. The third-order valence-corrected chi connectivity index (χ3v) is 6.61. The van der Waals surface area contributed by atoms with Gasteiger partial charge in [-0.3, -0.25) is 9.69 Å². The molecule has 2 N–H and O–H groups in total. The third-order valence-electron chi connectivity index (χ3n) is 6.12.